The number of rotatable bonds is 1. The Morgan fingerprint density at radius 3 is 2.67 bits per heavy atom. The van der Waals surface area contributed by atoms with E-state index in [9.17, 15) is 18.0 Å². The Morgan fingerprint density at radius 1 is 1.58 bits per heavy atom. The molecular formula is C6H6F3NO2. The van der Waals surface area contributed by atoms with E-state index >= 15 is 0 Å². The Kier molecular flexibility index (Phi) is 2.25. The molecule has 0 radical (unpaired) electrons. The van der Waals surface area contributed by atoms with Crippen LogP contribution in [-0.4, -0.2) is 25.1 Å². The topological polar surface area (TPSA) is 38.3 Å². The zero-order valence-corrected chi connectivity index (χ0v) is 5.94. The van der Waals surface area contributed by atoms with E-state index in [2.05, 4.69) is 10.1 Å². The second kappa shape index (κ2) is 3.04. The molecular weight excluding hydrogens is 175 g/mol. The molecule has 0 aromatic carbocycles. The summed E-state index contributed by atoms with van der Waals surface area (Å²) in [5, 5.41) is 2.48. The Balaban J connectivity index is 2.60. The molecule has 68 valence electrons. The van der Waals surface area contributed by atoms with Gasteiger partial charge in [-0.05, 0) is 0 Å². The van der Waals surface area contributed by atoms with Crippen LogP contribution in [0.5, 0.6) is 0 Å². The fraction of sp³-hybridized carbons (Fsp3) is 0.500. The van der Waals surface area contributed by atoms with Crippen LogP contribution in [-0.2, 0) is 9.53 Å². The molecule has 1 heterocycles. The maximum absolute atomic E-state index is 11.6. The van der Waals surface area contributed by atoms with Gasteiger partial charge in [0.2, 0.25) is 0 Å². The van der Waals surface area contributed by atoms with Crippen molar-refractivity contribution in [1.29, 1.82) is 0 Å². The number of nitrogens with one attached hydrogen (secondary N) is 1. The highest BCUT2D eigenvalue weighted by Crippen LogP contribution is 2.17. The minimum atomic E-state index is -4.82. The largest absolute Gasteiger partial charge is 0.477 e. The van der Waals surface area contributed by atoms with Crippen molar-refractivity contribution in [3.63, 3.8) is 0 Å². The normalized spacial score (nSPS) is 20.4. The van der Waals surface area contributed by atoms with E-state index in [1.807, 2.05) is 0 Å². The zero-order chi connectivity index (χ0) is 9.19. The quantitative estimate of drug-likeness (QED) is 0.601. The van der Waals surface area contributed by atoms with Crippen molar-refractivity contribution in [2.24, 2.45) is 0 Å². The van der Waals surface area contributed by atoms with Crippen LogP contribution >= 0.6 is 0 Å². The summed E-state index contributed by atoms with van der Waals surface area (Å²) in [7, 11) is 0. The zero-order valence-electron chi connectivity index (χ0n) is 5.94. The van der Waals surface area contributed by atoms with E-state index in [-0.39, 0.29) is 12.5 Å². The van der Waals surface area contributed by atoms with Gasteiger partial charge in [-0.3, -0.25) is 4.79 Å². The van der Waals surface area contributed by atoms with Crippen molar-refractivity contribution in [2.45, 2.75) is 6.18 Å². The molecule has 0 amide bonds. The van der Waals surface area contributed by atoms with E-state index in [1.54, 1.807) is 0 Å². The van der Waals surface area contributed by atoms with Crippen LogP contribution in [0, 0.1) is 0 Å². The van der Waals surface area contributed by atoms with Gasteiger partial charge in [0.15, 0.2) is 5.88 Å². The van der Waals surface area contributed by atoms with Gasteiger partial charge in [0.25, 0.3) is 5.78 Å². The van der Waals surface area contributed by atoms with Crippen LogP contribution in [0.2, 0.25) is 0 Å². The second-order valence-corrected chi connectivity index (χ2v) is 2.15. The van der Waals surface area contributed by atoms with Gasteiger partial charge in [0.05, 0.1) is 12.6 Å². The molecule has 0 bridgehead atoms. The van der Waals surface area contributed by atoms with Crippen molar-refractivity contribution in [1.82, 2.24) is 5.32 Å². The van der Waals surface area contributed by atoms with Gasteiger partial charge in [-0.25, -0.2) is 0 Å². The van der Waals surface area contributed by atoms with Crippen LogP contribution < -0.4 is 5.32 Å². The first-order chi connectivity index (χ1) is 5.50. The Morgan fingerprint density at radius 2 is 2.25 bits per heavy atom. The molecule has 1 aliphatic heterocycles. The average molecular weight is 181 g/mol. The second-order valence-electron chi connectivity index (χ2n) is 2.15. The molecule has 0 aromatic heterocycles. The number of alkyl halides is 3. The lowest BCUT2D eigenvalue weighted by molar-refractivity contribution is -0.165. The minimum Gasteiger partial charge on any atom is -0.477 e. The molecule has 3 nitrogen and oxygen atoms in total. The number of carbonyl (C=O) groups excluding carboxylic acids is 1. The third-order valence-electron chi connectivity index (χ3n) is 1.20. The maximum atomic E-state index is 11.6. The lowest BCUT2D eigenvalue weighted by atomic mass is 10.3. The smallest absolute Gasteiger partial charge is 0.454 e. The third-order valence-corrected chi connectivity index (χ3v) is 1.20. The van der Waals surface area contributed by atoms with Gasteiger partial charge in [-0.1, -0.05) is 0 Å². The highest BCUT2D eigenvalue weighted by Gasteiger charge is 2.37. The Labute approximate surface area is 66.2 Å². The van der Waals surface area contributed by atoms with Crippen LogP contribution in [0.25, 0.3) is 0 Å². The molecule has 0 aliphatic carbocycles. The fourth-order valence-corrected chi connectivity index (χ4v) is 0.680. The van der Waals surface area contributed by atoms with E-state index < -0.39 is 12.0 Å². The monoisotopic (exact) mass is 181 g/mol. The first kappa shape index (κ1) is 8.89. The number of allylic oxidation sites excluding steroid dienone is 1. The molecule has 0 aromatic rings. The Hall–Kier alpha value is -1.20. The highest BCUT2D eigenvalue weighted by atomic mass is 19.4. The van der Waals surface area contributed by atoms with E-state index in [0.29, 0.717) is 12.6 Å². The summed E-state index contributed by atoms with van der Waals surface area (Å²) in [6.07, 6.45) is -4.41. The van der Waals surface area contributed by atoms with Crippen LogP contribution in [0.3, 0.4) is 0 Å². The molecule has 0 atom stereocenters. The molecule has 0 spiro atoms. The summed E-state index contributed by atoms with van der Waals surface area (Å²) in [5.74, 6) is -2.02. The number of ketones is 1. The average Bonchev–Trinajstić information content (AvgIpc) is 2.37. The van der Waals surface area contributed by atoms with E-state index in [1.165, 1.54) is 0 Å². The summed E-state index contributed by atoms with van der Waals surface area (Å²) in [6.45, 7) is 0.716. The molecule has 1 rings (SSSR count). The van der Waals surface area contributed by atoms with Crippen LogP contribution in [0.1, 0.15) is 0 Å². The summed E-state index contributed by atoms with van der Waals surface area (Å²) in [6, 6.07) is 0. The summed E-state index contributed by atoms with van der Waals surface area (Å²) >= 11 is 0. The standard InChI is InChI=1S/C6H6F3NO2/c7-6(8,9)4(11)3-5-10-1-2-12-5/h3,10H,1-2H2/b5-3+. The lowest BCUT2D eigenvalue weighted by Gasteiger charge is -2.01. The molecule has 0 unspecified atom stereocenters. The third kappa shape index (κ3) is 2.14. The number of hydrogen-bond acceptors (Lipinski definition) is 3. The van der Waals surface area contributed by atoms with Crippen LogP contribution in [0.15, 0.2) is 12.0 Å². The highest BCUT2D eigenvalue weighted by molar-refractivity contribution is 5.94. The molecule has 12 heavy (non-hydrogen) atoms. The summed E-state index contributed by atoms with van der Waals surface area (Å²) in [5.41, 5.74) is 0. The summed E-state index contributed by atoms with van der Waals surface area (Å²) < 4.78 is 39.5. The molecule has 1 saturated heterocycles. The van der Waals surface area contributed by atoms with Crippen molar-refractivity contribution in [3.8, 4) is 0 Å². The molecule has 1 N–H and O–H groups in total. The molecule has 6 heteroatoms. The number of halogens is 3. The van der Waals surface area contributed by atoms with Gasteiger partial charge >= 0.3 is 6.18 Å². The molecule has 0 saturated carbocycles. The van der Waals surface area contributed by atoms with Gasteiger partial charge in [-0.2, -0.15) is 13.2 Å². The first-order valence-electron chi connectivity index (χ1n) is 3.19. The van der Waals surface area contributed by atoms with Gasteiger partial charge in [0.1, 0.15) is 6.61 Å². The van der Waals surface area contributed by atoms with Crippen LogP contribution in [0.4, 0.5) is 13.2 Å². The van der Waals surface area contributed by atoms with Crippen molar-refractivity contribution >= 4 is 5.78 Å². The predicted octanol–water partition coefficient (Wildman–Crippen LogP) is 0.579. The fourth-order valence-electron chi connectivity index (χ4n) is 0.680. The van der Waals surface area contributed by atoms with E-state index in [0.717, 1.165) is 0 Å². The van der Waals surface area contributed by atoms with Crippen molar-refractivity contribution < 1.29 is 22.7 Å². The molecule has 1 aliphatic rings. The predicted molar refractivity (Wildman–Crippen MR) is 33.1 cm³/mol. The number of ether oxygens (including phenoxy) is 1. The van der Waals surface area contributed by atoms with E-state index in [4.69, 9.17) is 0 Å². The lowest BCUT2D eigenvalue weighted by Crippen LogP contribution is -2.21. The van der Waals surface area contributed by atoms with Crippen molar-refractivity contribution in [3.05, 3.63) is 12.0 Å². The number of hydrogen-bond donors (Lipinski definition) is 1. The van der Waals surface area contributed by atoms with Gasteiger partial charge in [-0.15, -0.1) is 0 Å². The van der Waals surface area contributed by atoms with Crippen molar-refractivity contribution in [2.75, 3.05) is 13.2 Å². The van der Waals surface area contributed by atoms with Gasteiger partial charge in [0, 0.05) is 0 Å². The van der Waals surface area contributed by atoms with Gasteiger partial charge < -0.3 is 10.1 Å². The maximum Gasteiger partial charge on any atom is 0.454 e. The first-order valence-corrected chi connectivity index (χ1v) is 3.19. The Bertz CT molecular complexity index is 213. The SMILES string of the molecule is O=C(/C=C1\NCCO1)C(F)(F)F. The number of carbonyl (C=O) groups is 1. The molecule has 1 fully saturated rings. The minimum absolute atomic E-state index is 0.114. The summed E-state index contributed by atoms with van der Waals surface area (Å²) in [4.78, 5) is 10.3.